The molecule has 1 saturated heterocycles. The molecule has 9 heavy (non-hydrogen) atoms. The first-order valence-corrected chi connectivity index (χ1v) is 3.99. The minimum absolute atomic E-state index is 0.845. The van der Waals surface area contributed by atoms with Crippen molar-refractivity contribution in [2.24, 2.45) is 5.92 Å². The van der Waals surface area contributed by atoms with Crippen LogP contribution < -0.4 is 0 Å². The van der Waals surface area contributed by atoms with Crippen molar-refractivity contribution in [1.82, 2.24) is 4.90 Å². The fourth-order valence-electron chi connectivity index (χ4n) is 1.54. The second-order valence-corrected chi connectivity index (χ2v) is 3.26. The summed E-state index contributed by atoms with van der Waals surface area (Å²) in [5.74, 6) is 0.845. The molecule has 1 heterocycles. The van der Waals surface area contributed by atoms with Gasteiger partial charge in [0.25, 0.3) is 0 Å². The lowest BCUT2D eigenvalue weighted by Gasteiger charge is -2.19. The number of hydrogen-bond donors (Lipinski definition) is 0. The van der Waals surface area contributed by atoms with Crippen molar-refractivity contribution in [3.63, 3.8) is 0 Å². The topological polar surface area (TPSA) is 3.01 Å². The van der Waals surface area contributed by atoms with Gasteiger partial charge in [0.2, 0.25) is 0 Å². The van der Waals surface area contributed by atoms with E-state index in [2.05, 4.69) is 25.7 Å². The molecule has 0 aromatic rings. The summed E-state index contributed by atoms with van der Waals surface area (Å²) in [6.45, 7) is 9.59. The van der Waals surface area contributed by atoms with Crippen molar-refractivity contribution in [3.8, 4) is 0 Å². The van der Waals surface area contributed by atoms with Crippen molar-refractivity contribution in [2.75, 3.05) is 13.1 Å². The number of rotatable bonds is 3. The lowest BCUT2D eigenvalue weighted by atomic mass is 10.0. The zero-order valence-electron chi connectivity index (χ0n) is 6.72. The first-order valence-electron chi connectivity index (χ1n) is 3.99. The quantitative estimate of drug-likeness (QED) is 0.522. The van der Waals surface area contributed by atoms with Crippen molar-refractivity contribution >= 4 is 0 Å². The van der Waals surface area contributed by atoms with E-state index in [4.69, 9.17) is 0 Å². The molecule has 1 aliphatic rings. The number of nitrogens with zero attached hydrogens (tertiary/aromatic N) is 1. The van der Waals surface area contributed by atoms with Crippen LogP contribution in [0.2, 0.25) is 0 Å². The molecule has 54 valence electrons. The summed E-state index contributed by atoms with van der Waals surface area (Å²) in [6, 6.07) is 0.866. The van der Waals surface area contributed by atoms with Crippen LogP contribution in [0.5, 0.6) is 0 Å². The Balaban J connectivity index is 2.28. The monoisotopic (exact) mass is 127 g/mol. The van der Waals surface area contributed by atoms with Crippen molar-refractivity contribution in [1.29, 1.82) is 0 Å². The first kappa shape index (κ1) is 7.07. The van der Waals surface area contributed by atoms with E-state index in [1.165, 1.54) is 19.5 Å². The van der Waals surface area contributed by atoms with Gasteiger partial charge in [0.05, 0.1) is 0 Å². The van der Waals surface area contributed by atoms with E-state index in [1.807, 2.05) is 0 Å². The molecule has 1 atom stereocenters. The molecule has 0 N–H and O–H groups in total. The Kier molecular flexibility index (Phi) is 2.12. The molecule has 1 nitrogen and oxygen atoms in total. The van der Waals surface area contributed by atoms with Crippen molar-refractivity contribution < 1.29 is 0 Å². The first-order chi connectivity index (χ1) is 4.25. The summed E-state index contributed by atoms with van der Waals surface area (Å²) in [4.78, 5) is 2.55. The maximum Gasteiger partial charge on any atom is 0.0117 e. The van der Waals surface area contributed by atoms with Gasteiger partial charge in [0, 0.05) is 19.1 Å². The third-order valence-electron chi connectivity index (χ3n) is 2.14. The summed E-state index contributed by atoms with van der Waals surface area (Å²) in [7, 11) is 0. The van der Waals surface area contributed by atoms with Gasteiger partial charge >= 0.3 is 0 Å². The second-order valence-electron chi connectivity index (χ2n) is 3.26. The fourth-order valence-corrected chi connectivity index (χ4v) is 1.54. The van der Waals surface area contributed by atoms with Crippen LogP contribution in [0.4, 0.5) is 0 Å². The van der Waals surface area contributed by atoms with E-state index in [0.29, 0.717) is 0 Å². The molecule has 0 saturated carbocycles. The highest BCUT2D eigenvalue weighted by atomic mass is 15.3. The Labute approximate surface area is 58.0 Å². The predicted molar refractivity (Wildman–Crippen MR) is 40.5 cm³/mol. The van der Waals surface area contributed by atoms with E-state index in [9.17, 15) is 0 Å². The minimum atomic E-state index is 0.845. The molecule has 0 bridgehead atoms. The fraction of sp³-hybridized carbons (Fsp3) is 1.00. The Morgan fingerprint density at radius 1 is 1.33 bits per heavy atom. The summed E-state index contributed by atoms with van der Waals surface area (Å²) in [5.41, 5.74) is 0. The largest absolute Gasteiger partial charge is 0.298 e. The molecule has 0 aliphatic carbocycles. The second kappa shape index (κ2) is 2.70. The third-order valence-corrected chi connectivity index (χ3v) is 2.14. The van der Waals surface area contributed by atoms with E-state index < -0.39 is 0 Å². The SMILES string of the molecule is CCC(C(C)C)N1CC1. The van der Waals surface area contributed by atoms with Crippen LogP contribution in [-0.4, -0.2) is 24.0 Å². The highest BCUT2D eigenvalue weighted by Gasteiger charge is 2.27. The summed E-state index contributed by atoms with van der Waals surface area (Å²) in [6.07, 6.45) is 1.32. The van der Waals surface area contributed by atoms with Crippen LogP contribution >= 0.6 is 0 Å². The molecule has 1 fully saturated rings. The molecular formula is C8H17N. The molecule has 0 radical (unpaired) electrons. The highest BCUT2D eigenvalue weighted by Crippen LogP contribution is 2.20. The van der Waals surface area contributed by atoms with E-state index in [1.54, 1.807) is 0 Å². The van der Waals surface area contributed by atoms with Gasteiger partial charge in [-0.1, -0.05) is 20.8 Å². The minimum Gasteiger partial charge on any atom is -0.298 e. The van der Waals surface area contributed by atoms with E-state index >= 15 is 0 Å². The molecule has 1 aliphatic heterocycles. The normalized spacial score (nSPS) is 22.7. The van der Waals surface area contributed by atoms with Gasteiger partial charge in [-0.25, -0.2) is 0 Å². The average molecular weight is 127 g/mol. The predicted octanol–water partition coefficient (Wildman–Crippen LogP) is 1.74. The van der Waals surface area contributed by atoms with Crippen LogP contribution in [0.25, 0.3) is 0 Å². The zero-order valence-corrected chi connectivity index (χ0v) is 6.72. The van der Waals surface area contributed by atoms with Gasteiger partial charge in [-0.15, -0.1) is 0 Å². The summed E-state index contributed by atoms with van der Waals surface area (Å²) in [5, 5.41) is 0. The van der Waals surface area contributed by atoms with E-state index in [0.717, 1.165) is 12.0 Å². The van der Waals surface area contributed by atoms with Gasteiger partial charge < -0.3 is 0 Å². The Bertz CT molecular complexity index is 82.6. The van der Waals surface area contributed by atoms with Crippen LogP contribution in [0.3, 0.4) is 0 Å². The molecule has 1 rings (SSSR count). The summed E-state index contributed by atoms with van der Waals surface area (Å²) >= 11 is 0. The Morgan fingerprint density at radius 2 is 1.89 bits per heavy atom. The maximum atomic E-state index is 2.55. The number of hydrogen-bond acceptors (Lipinski definition) is 1. The molecular weight excluding hydrogens is 110 g/mol. The van der Waals surface area contributed by atoms with Gasteiger partial charge in [0.1, 0.15) is 0 Å². The molecule has 1 unspecified atom stereocenters. The Hall–Kier alpha value is -0.0400. The molecule has 0 aromatic carbocycles. The highest BCUT2D eigenvalue weighted by molar-refractivity contribution is 4.82. The van der Waals surface area contributed by atoms with Gasteiger partial charge in [0.15, 0.2) is 0 Å². The van der Waals surface area contributed by atoms with Crippen molar-refractivity contribution in [2.45, 2.75) is 33.2 Å². The molecule has 1 heteroatoms. The van der Waals surface area contributed by atoms with Crippen molar-refractivity contribution in [3.05, 3.63) is 0 Å². The Morgan fingerprint density at radius 3 is 2.00 bits per heavy atom. The van der Waals surface area contributed by atoms with Crippen LogP contribution in [0.1, 0.15) is 27.2 Å². The standard InChI is InChI=1S/C8H17N/c1-4-8(7(2)3)9-5-6-9/h7-8H,4-6H2,1-3H3. The molecule has 0 amide bonds. The van der Waals surface area contributed by atoms with Crippen LogP contribution in [0.15, 0.2) is 0 Å². The van der Waals surface area contributed by atoms with Crippen LogP contribution in [0, 0.1) is 5.92 Å². The van der Waals surface area contributed by atoms with Gasteiger partial charge in [-0.3, -0.25) is 4.90 Å². The maximum absolute atomic E-state index is 2.55. The van der Waals surface area contributed by atoms with Crippen LogP contribution in [-0.2, 0) is 0 Å². The third kappa shape index (κ3) is 1.68. The lowest BCUT2D eigenvalue weighted by Crippen LogP contribution is -2.23. The molecule has 0 spiro atoms. The van der Waals surface area contributed by atoms with Gasteiger partial charge in [-0.2, -0.15) is 0 Å². The smallest absolute Gasteiger partial charge is 0.0117 e. The molecule has 0 aromatic heterocycles. The lowest BCUT2D eigenvalue weighted by molar-refractivity contribution is 0.301. The van der Waals surface area contributed by atoms with Gasteiger partial charge in [-0.05, 0) is 12.3 Å². The average Bonchev–Trinajstić information content (AvgIpc) is 2.50. The van der Waals surface area contributed by atoms with E-state index in [-0.39, 0.29) is 0 Å². The summed E-state index contributed by atoms with van der Waals surface area (Å²) < 4.78 is 0. The zero-order chi connectivity index (χ0) is 6.85.